The molecular weight excluding hydrogens is 382 g/mol. The minimum absolute atomic E-state index is 0.0866. The van der Waals surface area contributed by atoms with Crippen LogP contribution in [0.1, 0.15) is 15.2 Å². The van der Waals surface area contributed by atoms with Gasteiger partial charge in [-0.25, -0.2) is 0 Å². The Morgan fingerprint density at radius 1 is 1.40 bits per heavy atom. The lowest BCUT2D eigenvalue weighted by molar-refractivity contribution is -0.380. The largest absolute Gasteiger partial charge is 0.324 e. The number of rotatable bonds is 4. The second-order valence-electron chi connectivity index (χ2n) is 5.11. The van der Waals surface area contributed by atoms with Crippen molar-refractivity contribution in [1.29, 1.82) is 0 Å². The summed E-state index contributed by atoms with van der Waals surface area (Å²) in [6.45, 7) is 6.13. The smallest absolute Gasteiger partial charge is 0.312 e. The van der Waals surface area contributed by atoms with Gasteiger partial charge >= 0.3 is 5.00 Å². The molecular formula is C16H12ClN3O3S2. The number of thiophene rings is 1. The van der Waals surface area contributed by atoms with Gasteiger partial charge < -0.3 is 4.57 Å². The minimum atomic E-state index is -0.524. The fourth-order valence-corrected chi connectivity index (χ4v) is 4.34. The monoisotopic (exact) mass is 393 g/mol. The van der Waals surface area contributed by atoms with E-state index in [1.54, 1.807) is 6.08 Å². The average Bonchev–Trinajstić information content (AvgIpc) is 3.18. The predicted octanol–water partition coefficient (Wildman–Crippen LogP) is 4.56. The Hall–Kier alpha value is -2.29. The molecule has 0 aliphatic carbocycles. The number of carbonyl (C=O) groups excluding carboxylic acids is 1. The summed E-state index contributed by atoms with van der Waals surface area (Å²) in [6, 6.07) is 6.42. The number of hydrogen-bond donors (Lipinski definition) is 0. The van der Waals surface area contributed by atoms with Gasteiger partial charge in [0.15, 0.2) is 4.80 Å². The van der Waals surface area contributed by atoms with Crippen LogP contribution in [0.25, 0.3) is 10.2 Å². The van der Waals surface area contributed by atoms with Gasteiger partial charge in [0.05, 0.1) is 15.1 Å². The molecule has 1 aromatic carbocycles. The maximum absolute atomic E-state index is 12.4. The van der Waals surface area contributed by atoms with Gasteiger partial charge in [0.2, 0.25) is 0 Å². The molecule has 0 N–H and O–H groups in total. The molecule has 6 nitrogen and oxygen atoms in total. The first-order valence-electron chi connectivity index (χ1n) is 7.15. The number of hydrogen-bond acceptors (Lipinski definition) is 5. The lowest BCUT2D eigenvalue weighted by atomic mass is 10.2. The molecule has 0 fully saturated rings. The maximum Gasteiger partial charge on any atom is 0.324 e. The number of fused-ring (bicyclic) bond motifs is 1. The summed E-state index contributed by atoms with van der Waals surface area (Å²) in [4.78, 5) is 27.5. The highest BCUT2D eigenvalue weighted by molar-refractivity contribution is 7.17. The zero-order chi connectivity index (χ0) is 18.1. The predicted molar refractivity (Wildman–Crippen MR) is 101 cm³/mol. The van der Waals surface area contributed by atoms with Crippen LogP contribution in [-0.2, 0) is 6.54 Å². The van der Waals surface area contributed by atoms with Gasteiger partial charge in [-0.3, -0.25) is 14.9 Å². The van der Waals surface area contributed by atoms with Crippen molar-refractivity contribution < 1.29 is 9.72 Å². The summed E-state index contributed by atoms with van der Waals surface area (Å²) >= 11 is 8.38. The zero-order valence-electron chi connectivity index (χ0n) is 13.1. The van der Waals surface area contributed by atoms with Crippen LogP contribution in [0.4, 0.5) is 5.00 Å². The molecule has 0 atom stereocenters. The number of benzene rings is 1. The first-order chi connectivity index (χ1) is 11.9. The molecule has 2 aromatic heterocycles. The van der Waals surface area contributed by atoms with Crippen molar-refractivity contribution >= 4 is 55.4 Å². The van der Waals surface area contributed by atoms with E-state index in [0.29, 0.717) is 16.4 Å². The maximum atomic E-state index is 12.4. The molecule has 0 saturated carbocycles. The molecule has 0 aliphatic rings. The number of carbonyl (C=O) groups is 1. The van der Waals surface area contributed by atoms with Crippen LogP contribution in [-0.4, -0.2) is 15.4 Å². The van der Waals surface area contributed by atoms with Gasteiger partial charge in [0.1, 0.15) is 4.88 Å². The molecule has 1 amide bonds. The van der Waals surface area contributed by atoms with Crippen molar-refractivity contribution in [3.63, 3.8) is 0 Å². The van der Waals surface area contributed by atoms with Gasteiger partial charge in [-0.2, -0.15) is 4.99 Å². The Kier molecular flexibility index (Phi) is 4.85. The molecule has 128 valence electrons. The van der Waals surface area contributed by atoms with Crippen molar-refractivity contribution in [2.75, 3.05) is 0 Å². The average molecular weight is 394 g/mol. The van der Waals surface area contributed by atoms with E-state index in [4.69, 9.17) is 11.6 Å². The first kappa shape index (κ1) is 17.5. The van der Waals surface area contributed by atoms with E-state index in [0.717, 1.165) is 27.1 Å². The van der Waals surface area contributed by atoms with E-state index in [-0.39, 0.29) is 9.88 Å². The van der Waals surface area contributed by atoms with E-state index < -0.39 is 10.8 Å². The van der Waals surface area contributed by atoms with Crippen LogP contribution in [0.15, 0.2) is 41.9 Å². The molecule has 25 heavy (non-hydrogen) atoms. The Morgan fingerprint density at radius 2 is 2.16 bits per heavy atom. The first-order valence-corrected chi connectivity index (χ1v) is 9.16. The third-order valence-corrected chi connectivity index (χ3v) is 6.00. The van der Waals surface area contributed by atoms with Crippen molar-refractivity contribution in [3.8, 4) is 0 Å². The number of aromatic nitrogens is 1. The highest BCUT2D eigenvalue weighted by atomic mass is 35.5. The summed E-state index contributed by atoms with van der Waals surface area (Å²) in [5.74, 6) is -0.508. The van der Waals surface area contributed by atoms with Crippen molar-refractivity contribution in [2.45, 2.75) is 13.5 Å². The van der Waals surface area contributed by atoms with Crippen LogP contribution in [0, 0.1) is 17.0 Å². The molecule has 9 heteroatoms. The highest BCUT2D eigenvalue weighted by Gasteiger charge is 2.16. The Labute approximate surface area is 155 Å². The minimum Gasteiger partial charge on any atom is -0.312 e. The standard InChI is InChI=1S/C16H12ClN3O3S2/c1-3-8-19-14-9(2)10(17)4-5-11(14)25-16(19)18-15(21)12-6-7-13(24-12)20(22)23/h3-7H,1,8H2,2H3. The van der Waals surface area contributed by atoms with Gasteiger partial charge in [-0.15, -0.1) is 6.58 Å². The Bertz CT molecular complexity index is 1080. The Balaban J connectivity index is 2.16. The van der Waals surface area contributed by atoms with Crippen LogP contribution in [0.5, 0.6) is 0 Å². The summed E-state index contributed by atoms with van der Waals surface area (Å²) < 4.78 is 2.82. The van der Waals surface area contributed by atoms with Crippen LogP contribution in [0.2, 0.25) is 5.02 Å². The van der Waals surface area contributed by atoms with Crippen molar-refractivity contribution in [3.05, 3.63) is 67.3 Å². The third kappa shape index (κ3) is 3.28. The van der Waals surface area contributed by atoms with E-state index in [9.17, 15) is 14.9 Å². The lowest BCUT2D eigenvalue weighted by Gasteiger charge is -2.05. The summed E-state index contributed by atoms with van der Waals surface area (Å²) in [5.41, 5.74) is 1.80. The number of nitrogens with zero attached hydrogens (tertiary/aromatic N) is 3. The molecule has 0 spiro atoms. The topological polar surface area (TPSA) is 77.5 Å². The molecule has 0 bridgehead atoms. The second kappa shape index (κ2) is 6.91. The summed E-state index contributed by atoms with van der Waals surface area (Å²) in [6.07, 6.45) is 1.71. The van der Waals surface area contributed by atoms with E-state index in [2.05, 4.69) is 11.6 Å². The highest BCUT2D eigenvalue weighted by Crippen LogP contribution is 2.28. The quantitative estimate of drug-likeness (QED) is 0.370. The molecule has 0 unspecified atom stereocenters. The molecule has 3 rings (SSSR count). The van der Waals surface area contributed by atoms with E-state index in [1.807, 2.05) is 23.6 Å². The van der Waals surface area contributed by atoms with Crippen LogP contribution in [0.3, 0.4) is 0 Å². The van der Waals surface area contributed by atoms with Crippen molar-refractivity contribution in [2.24, 2.45) is 4.99 Å². The van der Waals surface area contributed by atoms with Gasteiger partial charge in [0, 0.05) is 17.6 Å². The number of aryl methyl sites for hydroxylation is 1. The molecule has 0 radical (unpaired) electrons. The van der Waals surface area contributed by atoms with E-state index >= 15 is 0 Å². The molecule has 2 heterocycles. The number of amides is 1. The van der Waals surface area contributed by atoms with E-state index in [1.165, 1.54) is 23.5 Å². The SMILES string of the molecule is C=CCn1c(=NC(=O)c2ccc([N+](=O)[O-])s2)sc2ccc(Cl)c(C)c21. The number of halogens is 1. The Morgan fingerprint density at radius 3 is 2.80 bits per heavy atom. The number of nitro groups is 1. The fourth-order valence-electron chi connectivity index (χ4n) is 2.38. The second-order valence-corrected chi connectivity index (χ2v) is 7.59. The zero-order valence-corrected chi connectivity index (χ0v) is 15.5. The van der Waals surface area contributed by atoms with Crippen molar-refractivity contribution in [1.82, 2.24) is 4.57 Å². The van der Waals surface area contributed by atoms with Gasteiger partial charge in [0.25, 0.3) is 5.91 Å². The molecule has 0 aliphatic heterocycles. The summed E-state index contributed by atoms with van der Waals surface area (Å²) in [5, 5.41) is 11.3. The molecule has 3 aromatic rings. The normalized spacial score (nSPS) is 11.8. The molecule has 0 saturated heterocycles. The van der Waals surface area contributed by atoms with Gasteiger partial charge in [-0.05, 0) is 30.7 Å². The van der Waals surface area contributed by atoms with Crippen LogP contribution < -0.4 is 4.80 Å². The van der Waals surface area contributed by atoms with Gasteiger partial charge in [-0.1, -0.05) is 40.4 Å². The lowest BCUT2D eigenvalue weighted by Crippen LogP contribution is -2.16. The fraction of sp³-hybridized carbons (Fsp3) is 0.125. The number of allylic oxidation sites excluding steroid dienone is 1. The van der Waals surface area contributed by atoms with Crippen LogP contribution >= 0.6 is 34.3 Å². The number of thiazole rings is 1. The third-order valence-electron chi connectivity index (χ3n) is 3.52. The summed E-state index contributed by atoms with van der Waals surface area (Å²) in [7, 11) is 0.